The van der Waals surface area contributed by atoms with Crippen LogP contribution >= 0.6 is 0 Å². The van der Waals surface area contributed by atoms with Crippen LogP contribution in [-0.2, 0) is 25.4 Å². The fourth-order valence-corrected chi connectivity index (χ4v) is 3.45. The standard InChI is InChI=1S/C27H26F6O6/c1-4-18-7-5-6-8-21(18)23-15-19-9-10-20(16-22(19)37-23)35-13-11-25(28,29)38-27(32,33)39-26(30,31)12-14-36-24(34)17(2)3/h5-10,15-16H,2,4,11-14H2,1,3H3. The Labute approximate surface area is 220 Å². The molecule has 1 aromatic heterocycles. The number of ether oxygens (including phenoxy) is 4. The van der Waals surface area contributed by atoms with Gasteiger partial charge in [0.05, 0.1) is 26.1 Å². The van der Waals surface area contributed by atoms with E-state index in [2.05, 4.69) is 20.8 Å². The summed E-state index contributed by atoms with van der Waals surface area (Å²) < 4.78 is 104. The van der Waals surface area contributed by atoms with E-state index < -0.39 is 50.5 Å². The third-order valence-electron chi connectivity index (χ3n) is 5.33. The first-order chi connectivity index (χ1) is 18.2. The summed E-state index contributed by atoms with van der Waals surface area (Å²) in [5, 5.41) is 0.726. The van der Waals surface area contributed by atoms with E-state index in [9.17, 15) is 31.1 Å². The highest BCUT2D eigenvalue weighted by molar-refractivity contribution is 5.87. The number of fused-ring (bicyclic) bond motifs is 1. The number of benzene rings is 2. The van der Waals surface area contributed by atoms with Crippen LogP contribution in [0.1, 0.15) is 32.3 Å². The smallest absolute Gasteiger partial charge is 0.493 e. The van der Waals surface area contributed by atoms with E-state index in [4.69, 9.17) is 9.15 Å². The van der Waals surface area contributed by atoms with Crippen LogP contribution in [0.4, 0.5) is 26.3 Å². The highest BCUT2D eigenvalue weighted by Gasteiger charge is 2.52. The minimum atomic E-state index is -5.36. The first-order valence-electron chi connectivity index (χ1n) is 11.8. The first kappa shape index (κ1) is 30.0. The first-order valence-corrected chi connectivity index (χ1v) is 11.8. The Morgan fingerprint density at radius 2 is 1.56 bits per heavy atom. The predicted molar refractivity (Wildman–Crippen MR) is 129 cm³/mol. The molecule has 0 aliphatic rings. The second-order valence-electron chi connectivity index (χ2n) is 8.53. The van der Waals surface area contributed by atoms with Crippen molar-refractivity contribution in [1.29, 1.82) is 0 Å². The molecule has 12 heteroatoms. The van der Waals surface area contributed by atoms with Crippen molar-refractivity contribution in [1.82, 2.24) is 0 Å². The number of carbonyl (C=O) groups excluding carboxylic acids is 1. The average Bonchev–Trinajstić information content (AvgIpc) is 3.25. The van der Waals surface area contributed by atoms with E-state index in [1.807, 2.05) is 37.3 Å². The van der Waals surface area contributed by atoms with Crippen molar-refractivity contribution in [3.63, 3.8) is 0 Å². The Kier molecular flexibility index (Phi) is 9.34. The van der Waals surface area contributed by atoms with Gasteiger partial charge in [0.15, 0.2) is 0 Å². The highest BCUT2D eigenvalue weighted by atomic mass is 19.3. The van der Waals surface area contributed by atoms with Gasteiger partial charge in [0.2, 0.25) is 0 Å². The minimum absolute atomic E-state index is 0.110. The maximum Gasteiger partial charge on any atom is 0.494 e. The third-order valence-corrected chi connectivity index (χ3v) is 5.33. The molecule has 0 amide bonds. The molecule has 0 saturated carbocycles. The SMILES string of the molecule is C=C(C)C(=O)OCCC(F)(F)OC(F)(F)OC(F)(F)CCOc1ccc2cc(-c3ccccc3CC)oc2c1. The summed E-state index contributed by atoms with van der Waals surface area (Å²) in [6.45, 7) is 4.64. The van der Waals surface area contributed by atoms with Gasteiger partial charge in [0.1, 0.15) is 17.1 Å². The Bertz CT molecular complexity index is 1300. The van der Waals surface area contributed by atoms with Crippen molar-refractivity contribution >= 4 is 16.9 Å². The lowest BCUT2D eigenvalue weighted by atomic mass is 10.0. The van der Waals surface area contributed by atoms with Gasteiger partial charge in [-0.1, -0.05) is 37.8 Å². The molecule has 212 valence electrons. The van der Waals surface area contributed by atoms with Gasteiger partial charge in [-0.2, -0.15) is 17.6 Å². The van der Waals surface area contributed by atoms with Gasteiger partial charge in [-0.3, -0.25) is 0 Å². The summed E-state index contributed by atoms with van der Waals surface area (Å²) in [6.07, 6.45) is -16.7. The van der Waals surface area contributed by atoms with Crippen molar-refractivity contribution in [2.75, 3.05) is 13.2 Å². The second-order valence-corrected chi connectivity index (χ2v) is 8.53. The maximum absolute atomic E-state index is 14.0. The van der Waals surface area contributed by atoms with Crippen molar-refractivity contribution in [2.45, 2.75) is 51.6 Å². The Morgan fingerprint density at radius 1 is 0.923 bits per heavy atom. The molecule has 2 aromatic carbocycles. The zero-order chi connectivity index (χ0) is 28.8. The number of hydrogen-bond acceptors (Lipinski definition) is 6. The molecule has 6 nitrogen and oxygen atoms in total. The largest absolute Gasteiger partial charge is 0.494 e. The lowest BCUT2D eigenvalue weighted by Gasteiger charge is -2.26. The van der Waals surface area contributed by atoms with Crippen molar-refractivity contribution in [3.8, 4) is 17.1 Å². The van der Waals surface area contributed by atoms with E-state index in [0.717, 1.165) is 22.9 Å². The molecule has 3 aromatic rings. The summed E-state index contributed by atoms with van der Waals surface area (Å²) in [5.41, 5.74) is 2.27. The summed E-state index contributed by atoms with van der Waals surface area (Å²) >= 11 is 0. The van der Waals surface area contributed by atoms with Gasteiger partial charge in [-0.15, -0.1) is 8.78 Å². The topological polar surface area (TPSA) is 67.1 Å². The van der Waals surface area contributed by atoms with E-state index in [-0.39, 0.29) is 11.3 Å². The van der Waals surface area contributed by atoms with Crippen molar-refractivity contribution < 1.29 is 54.5 Å². The zero-order valence-electron chi connectivity index (χ0n) is 21.1. The molecular formula is C27H26F6O6. The molecule has 0 bridgehead atoms. The number of esters is 1. The van der Waals surface area contributed by atoms with E-state index in [1.165, 1.54) is 19.1 Å². The lowest BCUT2D eigenvalue weighted by Crippen LogP contribution is -2.41. The third kappa shape index (κ3) is 8.75. The fraction of sp³-hybridized carbons (Fsp3) is 0.370. The second kappa shape index (κ2) is 12.1. The number of carbonyl (C=O) groups is 1. The van der Waals surface area contributed by atoms with Crippen LogP contribution in [-0.4, -0.2) is 37.7 Å². The summed E-state index contributed by atoms with van der Waals surface area (Å²) in [4.78, 5) is 11.2. The number of aryl methyl sites for hydroxylation is 1. The monoisotopic (exact) mass is 560 g/mol. The maximum atomic E-state index is 14.0. The van der Waals surface area contributed by atoms with Crippen LogP contribution in [0.3, 0.4) is 0 Å². The molecule has 0 fully saturated rings. The van der Waals surface area contributed by atoms with Gasteiger partial charge >= 0.3 is 24.5 Å². The van der Waals surface area contributed by atoms with Crippen molar-refractivity contribution in [2.24, 2.45) is 0 Å². The van der Waals surface area contributed by atoms with Gasteiger partial charge < -0.3 is 13.9 Å². The van der Waals surface area contributed by atoms with Crippen LogP contribution in [0.5, 0.6) is 5.75 Å². The number of halogens is 6. The molecule has 0 atom stereocenters. The molecule has 0 aliphatic heterocycles. The molecule has 0 aliphatic carbocycles. The Balaban J connectivity index is 1.54. The molecule has 3 rings (SSSR count). The van der Waals surface area contributed by atoms with Crippen LogP contribution < -0.4 is 4.74 Å². The van der Waals surface area contributed by atoms with Crippen LogP contribution in [0.15, 0.2) is 65.1 Å². The predicted octanol–water partition coefficient (Wildman–Crippen LogP) is 7.71. The Hall–Kier alpha value is -3.51. The number of alkyl halides is 6. The average molecular weight is 560 g/mol. The van der Waals surface area contributed by atoms with Gasteiger partial charge in [0.25, 0.3) is 0 Å². The summed E-state index contributed by atoms with van der Waals surface area (Å²) in [7, 11) is 0. The number of furan rings is 1. The van der Waals surface area contributed by atoms with Crippen molar-refractivity contribution in [3.05, 3.63) is 66.2 Å². The Morgan fingerprint density at radius 3 is 2.21 bits per heavy atom. The molecule has 1 heterocycles. The van der Waals surface area contributed by atoms with Crippen LogP contribution in [0, 0.1) is 0 Å². The molecule has 0 N–H and O–H groups in total. The highest BCUT2D eigenvalue weighted by Crippen LogP contribution is 2.36. The van der Waals surface area contributed by atoms with Crippen LogP contribution in [0.25, 0.3) is 22.3 Å². The number of hydrogen-bond donors (Lipinski definition) is 0. The molecule has 0 radical (unpaired) electrons. The van der Waals surface area contributed by atoms with E-state index in [0.29, 0.717) is 11.3 Å². The number of rotatable bonds is 14. The molecule has 0 unspecified atom stereocenters. The summed E-state index contributed by atoms with van der Waals surface area (Å²) in [6, 6.07) is 14.0. The van der Waals surface area contributed by atoms with Gasteiger partial charge in [-0.25, -0.2) is 14.3 Å². The van der Waals surface area contributed by atoms with Gasteiger partial charge in [0, 0.05) is 22.6 Å². The molecular weight excluding hydrogens is 534 g/mol. The molecule has 0 spiro atoms. The lowest BCUT2D eigenvalue weighted by molar-refractivity contribution is -0.514. The zero-order valence-corrected chi connectivity index (χ0v) is 21.1. The fourth-order valence-electron chi connectivity index (χ4n) is 3.45. The molecule has 39 heavy (non-hydrogen) atoms. The van der Waals surface area contributed by atoms with Crippen LogP contribution in [0.2, 0.25) is 0 Å². The quantitative estimate of drug-likeness (QED) is 0.0871. The minimum Gasteiger partial charge on any atom is -0.493 e. The summed E-state index contributed by atoms with van der Waals surface area (Å²) in [5.74, 6) is -0.316. The normalized spacial score (nSPS) is 12.5. The molecule has 0 saturated heterocycles. The van der Waals surface area contributed by atoms with Gasteiger partial charge in [-0.05, 0) is 37.1 Å². The van der Waals surface area contributed by atoms with E-state index >= 15 is 0 Å². The van der Waals surface area contributed by atoms with E-state index in [1.54, 1.807) is 6.07 Å².